The third-order valence-corrected chi connectivity index (χ3v) is 8.76. The molecular weight excluding hydrogens is 540 g/mol. The van der Waals surface area contributed by atoms with Crippen LogP contribution in [0, 0.1) is 17.8 Å². The molecule has 0 spiro atoms. The van der Waals surface area contributed by atoms with Crippen molar-refractivity contribution in [3.63, 3.8) is 0 Å². The molecule has 2 aliphatic rings. The van der Waals surface area contributed by atoms with Crippen LogP contribution in [-0.4, -0.2) is 48.2 Å². The third kappa shape index (κ3) is 11.3. The van der Waals surface area contributed by atoms with Crippen LogP contribution in [0.1, 0.15) is 75.3 Å². The van der Waals surface area contributed by atoms with E-state index in [0.29, 0.717) is 38.0 Å². The molecule has 0 saturated heterocycles. The van der Waals surface area contributed by atoms with Gasteiger partial charge in [-0.05, 0) is 55.6 Å². The molecule has 7 heteroatoms. The topological polar surface area (TPSA) is 105 Å². The van der Waals surface area contributed by atoms with Crippen molar-refractivity contribution >= 4 is 17.8 Å². The zero-order valence-electron chi connectivity index (χ0n) is 25.3. The van der Waals surface area contributed by atoms with E-state index in [2.05, 4.69) is 10.6 Å². The summed E-state index contributed by atoms with van der Waals surface area (Å²) in [5, 5.41) is 16.0. The monoisotopic (exact) mass is 588 g/mol. The number of esters is 1. The molecular formula is C36H48N2O5. The first-order valence-electron chi connectivity index (χ1n) is 16.1. The largest absolute Gasteiger partial charge is 0.463 e. The molecule has 2 amide bonds. The fourth-order valence-corrected chi connectivity index (χ4v) is 6.34. The Kier molecular flexibility index (Phi) is 13.3. The van der Waals surface area contributed by atoms with Gasteiger partial charge in [-0.1, -0.05) is 105 Å². The second-order valence-corrected chi connectivity index (χ2v) is 12.3. The second kappa shape index (κ2) is 17.6. The molecule has 7 nitrogen and oxygen atoms in total. The molecule has 3 N–H and O–H groups in total. The minimum absolute atomic E-state index is 0.0219. The van der Waals surface area contributed by atoms with Crippen molar-refractivity contribution in [3.05, 3.63) is 83.9 Å². The summed E-state index contributed by atoms with van der Waals surface area (Å²) < 4.78 is 5.90. The first-order valence-corrected chi connectivity index (χ1v) is 16.1. The van der Waals surface area contributed by atoms with E-state index in [1.54, 1.807) is 0 Å². The molecule has 43 heavy (non-hydrogen) atoms. The van der Waals surface area contributed by atoms with Gasteiger partial charge >= 0.3 is 5.97 Å². The van der Waals surface area contributed by atoms with E-state index in [1.165, 1.54) is 19.3 Å². The average Bonchev–Trinajstić information content (AvgIpc) is 3.03. The van der Waals surface area contributed by atoms with Crippen LogP contribution in [-0.2, 0) is 32.0 Å². The number of carbonyl (C=O) groups is 3. The van der Waals surface area contributed by atoms with Crippen LogP contribution in [0.3, 0.4) is 0 Å². The van der Waals surface area contributed by atoms with Gasteiger partial charge in [-0.2, -0.15) is 0 Å². The zero-order chi connectivity index (χ0) is 30.3. The van der Waals surface area contributed by atoms with Crippen molar-refractivity contribution < 1.29 is 24.2 Å². The van der Waals surface area contributed by atoms with Gasteiger partial charge in [0, 0.05) is 6.42 Å². The molecule has 4 atom stereocenters. The lowest BCUT2D eigenvalue weighted by molar-refractivity contribution is -0.150. The normalized spacial score (nSPS) is 23.1. The molecule has 0 radical (unpaired) electrons. The summed E-state index contributed by atoms with van der Waals surface area (Å²) in [6, 6.07) is 19.0. The lowest BCUT2D eigenvalue weighted by Crippen LogP contribution is -2.45. The molecule has 1 aliphatic heterocycles. The maximum atomic E-state index is 13.6. The quantitative estimate of drug-likeness (QED) is 0.258. The Morgan fingerprint density at radius 3 is 2.30 bits per heavy atom. The Morgan fingerprint density at radius 1 is 0.907 bits per heavy atom. The highest BCUT2D eigenvalue weighted by Gasteiger charge is 2.29. The van der Waals surface area contributed by atoms with Gasteiger partial charge < -0.3 is 20.5 Å². The number of benzene rings is 2. The van der Waals surface area contributed by atoms with E-state index in [4.69, 9.17) is 4.74 Å². The average molecular weight is 589 g/mol. The molecule has 0 bridgehead atoms. The number of hydrogen-bond donors (Lipinski definition) is 3. The first kappa shape index (κ1) is 32.5. The Hall–Kier alpha value is -3.45. The Morgan fingerprint density at radius 2 is 1.60 bits per heavy atom. The molecule has 0 aromatic heterocycles. The third-order valence-electron chi connectivity index (χ3n) is 8.76. The van der Waals surface area contributed by atoms with Gasteiger partial charge in [0.2, 0.25) is 11.8 Å². The van der Waals surface area contributed by atoms with Crippen LogP contribution in [0.5, 0.6) is 0 Å². The van der Waals surface area contributed by atoms with Crippen molar-refractivity contribution in [2.75, 3.05) is 13.2 Å². The smallest absolute Gasteiger partial charge is 0.309 e. The summed E-state index contributed by atoms with van der Waals surface area (Å²) in [5.41, 5.74) is 2.12. The van der Waals surface area contributed by atoms with Gasteiger partial charge in [-0.15, -0.1) is 0 Å². The number of cyclic esters (lactones) is 1. The minimum atomic E-state index is -0.558. The van der Waals surface area contributed by atoms with Gasteiger partial charge in [-0.3, -0.25) is 14.4 Å². The molecule has 232 valence electrons. The lowest BCUT2D eigenvalue weighted by Gasteiger charge is -2.28. The van der Waals surface area contributed by atoms with Crippen LogP contribution >= 0.6 is 0 Å². The molecule has 4 unspecified atom stereocenters. The summed E-state index contributed by atoms with van der Waals surface area (Å²) in [6.45, 7) is -0.0429. The van der Waals surface area contributed by atoms with Crippen LogP contribution in [0.25, 0.3) is 0 Å². The number of amides is 2. The van der Waals surface area contributed by atoms with Crippen molar-refractivity contribution in [1.82, 2.24) is 10.6 Å². The van der Waals surface area contributed by atoms with Crippen LogP contribution in [0.2, 0.25) is 0 Å². The van der Waals surface area contributed by atoms with E-state index in [0.717, 1.165) is 30.4 Å². The number of nitrogens with one attached hydrogen (secondary N) is 2. The van der Waals surface area contributed by atoms with E-state index >= 15 is 0 Å². The minimum Gasteiger partial charge on any atom is -0.463 e. The summed E-state index contributed by atoms with van der Waals surface area (Å²) in [5.74, 6) is -1.01. The maximum Gasteiger partial charge on any atom is 0.309 e. The predicted octanol–water partition coefficient (Wildman–Crippen LogP) is 5.31. The molecule has 4 rings (SSSR count). The SMILES string of the molecule is O=C(CC1CC=CCCC(Cc2ccccc2)C(=O)OCC(CC2CCCCC2)NC1=O)NC(CO)Cc1ccccc1. The van der Waals surface area contributed by atoms with Gasteiger partial charge in [0.05, 0.1) is 30.5 Å². The van der Waals surface area contributed by atoms with Crippen molar-refractivity contribution in [1.29, 1.82) is 0 Å². The number of aliphatic hydroxyl groups excluding tert-OH is 1. The highest BCUT2D eigenvalue weighted by Crippen LogP contribution is 2.28. The maximum absolute atomic E-state index is 13.6. The van der Waals surface area contributed by atoms with Crippen LogP contribution in [0.4, 0.5) is 0 Å². The fourth-order valence-electron chi connectivity index (χ4n) is 6.34. The van der Waals surface area contributed by atoms with E-state index in [1.807, 2.05) is 72.8 Å². The number of carbonyl (C=O) groups excluding carboxylic acids is 3. The molecule has 1 aliphatic carbocycles. The van der Waals surface area contributed by atoms with E-state index in [-0.39, 0.29) is 49.4 Å². The lowest BCUT2D eigenvalue weighted by atomic mass is 9.84. The highest BCUT2D eigenvalue weighted by atomic mass is 16.5. The Labute approximate surface area is 256 Å². The van der Waals surface area contributed by atoms with Gasteiger partial charge in [0.1, 0.15) is 6.61 Å². The molecule has 1 fully saturated rings. The Balaban J connectivity index is 1.44. The molecule has 1 saturated carbocycles. The van der Waals surface area contributed by atoms with Crippen molar-refractivity contribution in [2.24, 2.45) is 17.8 Å². The van der Waals surface area contributed by atoms with E-state index < -0.39 is 12.0 Å². The van der Waals surface area contributed by atoms with Crippen LogP contribution < -0.4 is 10.6 Å². The van der Waals surface area contributed by atoms with Crippen molar-refractivity contribution in [3.8, 4) is 0 Å². The first-order chi connectivity index (χ1) is 21.0. The molecule has 1 heterocycles. The molecule has 2 aromatic rings. The summed E-state index contributed by atoms with van der Waals surface area (Å²) >= 11 is 0. The second-order valence-electron chi connectivity index (χ2n) is 12.3. The number of allylic oxidation sites excluding steroid dienone is 2. The standard InChI is InChI=1S/C36H48N2O5/c39-25-32(22-28-15-7-2-8-16-28)37-34(40)24-30-19-11-4-12-20-31(21-27-13-5-1-6-14-27)36(42)43-26-33(38-35(30)41)23-29-17-9-3-10-18-29/h1-2,4-8,11,13-16,29-33,39H,3,9-10,12,17-26H2,(H,37,40)(H,38,41). The van der Waals surface area contributed by atoms with Gasteiger partial charge in [0.15, 0.2) is 0 Å². The summed E-state index contributed by atoms with van der Waals surface area (Å²) in [6.07, 6.45) is 13.5. The number of ether oxygens (including phenoxy) is 1. The summed E-state index contributed by atoms with van der Waals surface area (Å²) in [4.78, 5) is 40.0. The molecule has 2 aromatic carbocycles. The zero-order valence-corrected chi connectivity index (χ0v) is 25.3. The summed E-state index contributed by atoms with van der Waals surface area (Å²) in [7, 11) is 0. The fraction of sp³-hybridized carbons (Fsp3) is 0.528. The number of aliphatic hydroxyl groups is 1. The predicted molar refractivity (Wildman–Crippen MR) is 168 cm³/mol. The van der Waals surface area contributed by atoms with Crippen molar-refractivity contribution in [2.45, 2.75) is 89.1 Å². The van der Waals surface area contributed by atoms with Gasteiger partial charge in [0.25, 0.3) is 0 Å². The van der Waals surface area contributed by atoms with Crippen LogP contribution in [0.15, 0.2) is 72.8 Å². The number of rotatable bonds is 10. The van der Waals surface area contributed by atoms with E-state index in [9.17, 15) is 19.5 Å². The Bertz CT molecular complexity index is 1160. The number of hydrogen-bond acceptors (Lipinski definition) is 5. The van der Waals surface area contributed by atoms with Gasteiger partial charge in [-0.25, -0.2) is 0 Å². The highest BCUT2D eigenvalue weighted by molar-refractivity contribution is 5.86.